The maximum Gasteiger partial charge on any atom is 0.406 e. The molecule has 2 atom stereocenters. The highest BCUT2D eigenvalue weighted by molar-refractivity contribution is 5.89. The lowest BCUT2D eigenvalue weighted by Gasteiger charge is -2.27. The number of rotatable bonds is 6. The van der Waals surface area contributed by atoms with Crippen LogP contribution in [-0.4, -0.2) is 53.7 Å². The van der Waals surface area contributed by atoms with Crippen molar-refractivity contribution >= 4 is 11.8 Å². The van der Waals surface area contributed by atoms with Gasteiger partial charge in [-0.15, -0.1) is 0 Å². The molecule has 1 aliphatic heterocycles. The molecule has 5 nitrogen and oxygen atoms in total. The second-order valence-electron chi connectivity index (χ2n) is 6.73. The zero-order valence-corrected chi connectivity index (χ0v) is 13.0. The average Bonchev–Trinajstić information content (AvgIpc) is 2.64. The molecule has 0 aliphatic carbocycles. The second kappa shape index (κ2) is 6.85. The van der Waals surface area contributed by atoms with Crippen molar-refractivity contribution in [3.05, 3.63) is 0 Å². The third-order valence-electron chi connectivity index (χ3n) is 3.54. The van der Waals surface area contributed by atoms with E-state index in [1.54, 1.807) is 6.92 Å². The lowest BCUT2D eigenvalue weighted by molar-refractivity contribution is -0.157. The van der Waals surface area contributed by atoms with Crippen LogP contribution in [0, 0.1) is 11.3 Å². The summed E-state index contributed by atoms with van der Waals surface area (Å²) in [5, 5.41) is 12.0. The summed E-state index contributed by atoms with van der Waals surface area (Å²) in [5.41, 5.74) is -0.335. The van der Waals surface area contributed by atoms with Crippen LogP contribution in [0.3, 0.4) is 0 Å². The van der Waals surface area contributed by atoms with Crippen molar-refractivity contribution in [2.75, 3.05) is 19.6 Å². The van der Waals surface area contributed by atoms with Gasteiger partial charge < -0.3 is 15.3 Å². The summed E-state index contributed by atoms with van der Waals surface area (Å²) in [6.45, 7) is 4.16. The Morgan fingerprint density at radius 2 is 2.05 bits per heavy atom. The van der Waals surface area contributed by atoms with E-state index in [0.717, 1.165) is 0 Å². The Hall–Kier alpha value is -1.31. The van der Waals surface area contributed by atoms with Gasteiger partial charge in [0, 0.05) is 19.5 Å². The van der Waals surface area contributed by atoms with E-state index in [4.69, 9.17) is 0 Å². The summed E-state index contributed by atoms with van der Waals surface area (Å²) in [4.78, 5) is 24.2. The molecule has 2 amide bonds. The molecular formula is C14H23F3N2O3. The van der Waals surface area contributed by atoms with Crippen LogP contribution in [0.4, 0.5) is 13.2 Å². The van der Waals surface area contributed by atoms with Crippen LogP contribution in [0.2, 0.25) is 0 Å². The molecule has 0 aromatic rings. The van der Waals surface area contributed by atoms with Crippen molar-refractivity contribution in [1.29, 1.82) is 0 Å². The van der Waals surface area contributed by atoms with Crippen LogP contribution in [0.5, 0.6) is 0 Å². The number of likely N-dealkylation sites (tertiary alicyclic amines) is 1. The van der Waals surface area contributed by atoms with E-state index in [-0.39, 0.29) is 18.4 Å². The van der Waals surface area contributed by atoms with E-state index in [1.807, 2.05) is 13.8 Å². The van der Waals surface area contributed by atoms with Gasteiger partial charge in [-0.25, -0.2) is 0 Å². The van der Waals surface area contributed by atoms with Gasteiger partial charge in [0.1, 0.15) is 6.54 Å². The largest absolute Gasteiger partial charge is 0.406 e. The molecule has 0 saturated carbocycles. The highest BCUT2D eigenvalue weighted by Crippen LogP contribution is 2.25. The zero-order valence-electron chi connectivity index (χ0n) is 13.0. The number of hydrogen-bond donors (Lipinski definition) is 2. The van der Waals surface area contributed by atoms with Crippen molar-refractivity contribution in [3.8, 4) is 0 Å². The number of halogens is 3. The lowest BCUT2D eigenvalue weighted by Crippen LogP contribution is -2.40. The summed E-state index contributed by atoms with van der Waals surface area (Å²) in [5.74, 6) is -1.82. The number of nitrogens with zero attached hydrogens (tertiary/aromatic N) is 1. The highest BCUT2D eigenvalue weighted by Gasteiger charge is 2.40. The number of aliphatic hydroxyl groups excluding tert-OH is 1. The van der Waals surface area contributed by atoms with Crippen molar-refractivity contribution in [3.63, 3.8) is 0 Å². The number of hydrogen-bond acceptors (Lipinski definition) is 3. The smallest absolute Gasteiger partial charge is 0.393 e. The summed E-state index contributed by atoms with van der Waals surface area (Å²) in [7, 11) is 0. The van der Waals surface area contributed by atoms with Gasteiger partial charge in [-0.3, -0.25) is 9.59 Å². The summed E-state index contributed by atoms with van der Waals surface area (Å²) < 4.78 is 36.9. The molecule has 1 fully saturated rings. The molecule has 0 radical (unpaired) electrons. The van der Waals surface area contributed by atoms with Gasteiger partial charge in [0.15, 0.2) is 0 Å². The van der Waals surface area contributed by atoms with Crippen LogP contribution in [0.15, 0.2) is 0 Å². The van der Waals surface area contributed by atoms with Crippen molar-refractivity contribution in [2.45, 2.75) is 45.9 Å². The van der Waals surface area contributed by atoms with E-state index in [1.165, 1.54) is 0 Å². The molecular weight excluding hydrogens is 301 g/mol. The van der Waals surface area contributed by atoms with E-state index in [0.29, 0.717) is 17.9 Å². The maximum absolute atomic E-state index is 12.3. The van der Waals surface area contributed by atoms with Crippen molar-refractivity contribution in [1.82, 2.24) is 10.2 Å². The van der Waals surface area contributed by atoms with Gasteiger partial charge in [0.2, 0.25) is 11.8 Å². The van der Waals surface area contributed by atoms with Gasteiger partial charge in [-0.05, 0) is 18.8 Å². The fraction of sp³-hybridized carbons (Fsp3) is 0.857. The van der Waals surface area contributed by atoms with Gasteiger partial charge in [0.25, 0.3) is 0 Å². The van der Waals surface area contributed by atoms with Gasteiger partial charge in [0.05, 0.1) is 12.0 Å². The molecule has 128 valence electrons. The Bertz CT molecular complexity index is 422. The SMILES string of the molecule is CC(O)CC(C)(C)CNC(=O)C1CC(=O)N(CC(F)(F)F)C1. The normalized spacial score (nSPS) is 21.1. The van der Waals surface area contributed by atoms with E-state index in [9.17, 15) is 27.9 Å². The van der Waals surface area contributed by atoms with Crippen LogP contribution < -0.4 is 5.32 Å². The Balaban J connectivity index is 2.49. The molecule has 1 saturated heterocycles. The van der Waals surface area contributed by atoms with Crippen molar-refractivity contribution < 1.29 is 27.9 Å². The summed E-state index contributed by atoms with van der Waals surface area (Å²) in [6.07, 6.45) is -4.68. The summed E-state index contributed by atoms with van der Waals surface area (Å²) >= 11 is 0. The minimum atomic E-state index is -4.46. The van der Waals surface area contributed by atoms with Crippen LogP contribution >= 0.6 is 0 Å². The molecule has 1 aliphatic rings. The quantitative estimate of drug-likeness (QED) is 0.774. The number of nitrogens with one attached hydrogen (secondary N) is 1. The van der Waals surface area contributed by atoms with Crippen LogP contribution in [-0.2, 0) is 9.59 Å². The standard InChI is InChI=1S/C14H23F3N2O3/c1-9(20)5-13(2,3)7-18-12(22)10-4-11(21)19(6-10)8-14(15,16)17/h9-10,20H,4-8H2,1-3H3,(H,18,22). The summed E-state index contributed by atoms with van der Waals surface area (Å²) in [6, 6.07) is 0. The van der Waals surface area contributed by atoms with Gasteiger partial charge in [-0.1, -0.05) is 13.8 Å². The number of aliphatic hydroxyl groups is 1. The van der Waals surface area contributed by atoms with Gasteiger partial charge >= 0.3 is 6.18 Å². The molecule has 0 aromatic carbocycles. The molecule has 1 rings (SSSR count). The topological polar surface area (TPSA) is 69.6 Å². The zero-order chi connectivity index (χ0) is 17.1. The van der Waals surface area contributed by atoms with Crippen molar-refractivity contribution in [2.24, 2.45) is 11.3 Å². The fourth-order valence-electron chi connectivity index (χ4n) is 2.66. The Labute approximate surface area is 127 Å². The first-order chi connectivity index (χ1) is 9.89. The highest BCUT2D eigenvalue weighted by atomic mass is 19.4. The molecule has 2 unspecified atom stereocenters. The average molecular weight is 324 g/mol. The lowest BCUT2D eigenvalue weighted by atomic mass is 9.87. The number of amides is 2. The fourth-order valence-corrected chi connectivity index (χ4v) is 2.66. The predicted octanol–water partition coefficient (Wildman–Crippen LogP) is 1.31. The number of carbonyl (C=O) groups is 2. The maximum atomic E-state index is 12.3. The van der Waals surface area contributed by atoms with E-state index >= 15 is 0 Å². The molecule has 22 heavy (non-hydrogen) atoms. The second-order valence-corrected chi connectivity index (χ2v) is 6.73. The molecule has 2 N–H and O–H groups in total. The Kier molecular flexibility index (Phi) is 5.83. The molecule has 1 heterocycles. The Morgan fingerprint density at radius 3 is 2.55 bits per heavy atom. The third-order valence-corrected chi connectivity index (χ3v) is 3.54. The number of alkyl halides is 3. The first-order valence-electron chi connectivity index (χ1n) is 7.20. The Morgan fingerprint density at radius 1 is 1.45 bits per heavy atom. The predicted molar refractivity (Wildman–Crippen MR) is 73.8 cm³/mol. The van der Waals surface area contributed by atoms with Gasteiger partial charge in [-0.2, -0.15) is 13.2 Å². The molecule has 0 spiro atoms. The monoisotopic (exact) mass is 324 g/mol. The van der Waals surface area contributed by atoms with E-state index in [2.05, 4.69) is 5.32 Å². The first-order valence-corrected chi connectivity index (χ1v) is 7.20. The van der Waals surface area contributed by atoms with E-state index < -0.39 is 36.6 Å². The minimum Gasteiger partial charge on any atom is -0.393 e. The van der Waals surface area contributed by atoms with Crippen LogP contribution in [0.1, 0.15) is 33.6 Å². The molecule has 8 heteroatoms. The first kappa shape index (κ1) is 18.7. The third kappa shape index (κ3) is 6.21. The van der Waals surface area contributed by atoms with Crippen LogP contribution in [0.25, 0.3) is 0 Å². The molecule has 0 aromatic heterocycles. The molecule has 0 bridgehead atoms. The number of carbonyl (C=O) groups excluding carboxylic acids is 2. The minimum absolute atomic E-state index is 0.196.